The molecule has 2 aromatic heterocycles. The Hall–Kier alpha value is -3.28. The molecule has 4 rings (SSSR count). The number of aromatic nitrogens is 3. The van der Waals surface area contributed by atoms with Crippen LogP contribution in [0.5, 0.6) is 0 Å². The predicted octanol–water partition coefficient (Wildman–Crippen LogP) is 4.76. The molecule has 0 saturated carbocycles. The first-order chi connectivity index (χ1) is 14.5. The predicted molar refractivity (Wildman–Crippen MR) is 120 cm³/mol. The standard InChI is InChI=1S/C24H27N5O/c1-16(2)22-26-13-19(14-27-22)24(30)28-21-20(18-7-5-4-6-8-18)9-11-25-23(21)29-12-10-17(3)15-29/h4-9,11,13-14,16-17H,10,12,15H2,1-3H3,(H,28,30)/t17-/m1/s1. The Labute approximate surface area is 177 Å². The highest BCUT2D eigenvalue weighted by molar-refractivity contribution is 6.08. The lowest BCUT2D eigenvalue weighted by molar-refractivity contribution is 0.102. The molecule has 6 heteroatoms. The molecule has 30 heavy (non-hydrogen) atoms. The van der Waals surface area contributed by atoms with Crippen molar-refractivity contribution in [1.29, 1.82) is 0 Å². The highest BCUT2D eigenvalue weighted by atomic mass is 16.1. The summed E-state index contributed by atoms with van der Waals surface area (Å²) in [7, 11) is 0. The van der Waals surface area contributed by atoms with Gasteiger partial charge in [-0.1, -0.05) is 51.1 Å². The zero-order chi connectivity index (χ0) is 21.1. The Morgan fingerprint density at radius 1 is 1.10 bits per heavy atom. The fourth-order valence-corrected chi connectivity index (χ4v) is 3.74. The van der Waals surface area contributed by atoms with Crippen LogP contribution in [0.15, 0.2) is 55.0 Å². The molecule has 1 aromatic carbocycles. The Kier molecular flexibility index (Phi) is 5.74. The van der Waals surface area contributed by atoms with Gasteiger partial charge in [-0.05, 0) is 24.0 Å². The Morgan fingerprint density at radius 2 is 1.83 bits per heavy atom. The summed E-state index contributed by atoms with van der Waals surface area (Å²) in [5.41, 5.74) is 3.15. The largest absolute Gasteiger partial charge is 0.355 e. The lowest BCUT2D eigenvalue weighted by Crippen LogP contribution is -2.24. The average molecular weight is 402 g/mol. The lowest BCUT2D eigenvalue weighted by Gasteiger charge is -2.23. The summed E-state index contributed by atoms with van der Waals surface area (Å²) >= 11 is 0. The minimum Gasteiger partial charge on any atom is -0.355 e. The van der Waals surface area contributed by atoms with Crippen LogP contribution in [-0.2, 0) is 0 Å². The van der Waals surface area contributed by atoms with Crippen LogP contribution in [0.25, 0.3) is 11.1 Å². The lowest BCUT2D eigenvalue weighted by atomic mass is 10.0. The normalized spacial score (nSPS) is 16.1. The number of pyridine rings is 1. The third-order valence-corrected chi connectivity index (χ3v) is 5.43. The van der Waals surface area contributed by atoms with Gasteiger partial charge in [0.15, 0.2) is 5.82 Å². The van der Waals surface area contributed by atoms with Gasteiger partial charge in [0, 0.05) is 43.2 Å². The zero-order valence-electron chi connectivity index (χ0n) is 17.7. The van der Waals surface area contributed by atoms with Crippen molar-refractivity contribution in [2.24, 2.45) is 5.92 Å². The minimum absolute atomic E-state index is 0.217. The summed E-state index contributed by atoms with van der Waals surface area (Å²) in [5.74, 6) is 2.13. The van der Waals surface area contributed by atoms with Gasteiger partial charge in [0.1, 0.15) is 5.82 Å². The van der Waals surface area contributed by atoms with Crippen molar-refractivity contribution in [1.82, 2.24) is 15.0 Å². The molecule has 0 bridgehead atoms. The maximum absolute atomic E-state index is 13.1. The summed E-state index contributed by atoms with van der Waals surface area (Å²) in [5, 5.41) is 3.11. The Balaban J connectivity index is 1.71. The number of hydrogen-bond acceptors (Lipinski definition) is 5. The van der Waals surface area contributed by atoms with E-state index in [1.807, 2.05) is 56.4 Å². The van der Waals surface area contributed by atoms with E-state index in [2.05, 4.69) is 32.1 Å². The van der Waals surface area contributed by atoms with E-state index >= 15 is 0 Å². The number of hydrogen-bond donors (Lipinski definition) is 1. The quantitative estimate of drug-likeness (QED) is 0.667. The third kappa shape index (κ3) is 4.17. The summed E-state index contributed by atoms with van der Waals surface area (Å²) in [4.78, 5) is 28.6. The third-order valence-electron chi connectivity index (χ3n) is 5.43. The summed E-state index contributed by atoms with van der Waals surface area (Å²) in [6.07, 6.45) is 6.12. The van der Waals surface area contributed by atoms with E-state index in [9.17, 15) is 4.79 Å². The van der Waals surface area contributed by atoms with Crippen molar-refractivity contribution in [2.75, 3.05) is 23.3 Å². The van der Waals surface area contributed by atoms with Crippen LogP contribution >= 0.6 is 0 Å². The molecule has 1 amide bonds. The van der Waals surface area contributed by atoms with Crippen LogP contribution in [0.4, 0.5) is 11.5 Å². The van der Waals surface area contributed by atoms with Crippen molar-refractivity contribution in [3.8, 4) is 11.1 Å². The fraction of sp³-hybridized carbons (Fsp3) is 0.333. The molecule has 0 radical (unpaired) electrons. The van der Waals surface area contributed by atoms with Crippen molar-refractivity contribution in [3.05, 3.63) is 66.4 Å². The van der Waals surface area contributed by atoms with Gasteiger partial charge in [0.25, 0.3) is 5.91 Å². The van der Waals surface area contributed by atoms with Crippen LogP contribution in [0.2, 0.25) is 0 Å². The monoisotopic (exact) mass is 401 g/mol. The van der Waals surface area contributed by atoms with E-state index < -0.39 is 0 Å². The molecular weight excluding hydrogens is 374 g/mol. The van der Waals surface area contributed by atoms with Crippen molar-refractivity contribution >= 4 is 17.4 Å². The topological polar surface area (TPSA) is 71.0 Å². The number of amides is 1. The van der Waals surface area contributed by atoms with Gasteiger partial charge in [-0.25, -0.2) is 15.0 Å². The maximum Gasteiger partial charge on any atom is 0.258 e. The zero-order valence-corrected chi connectivity index (χ0v) is 17.7. The van der Waals surface area contributed by atoms with Gasteiger partial charge in [-0.15, -0.1) is 0 Å². The van der Waals surface area contributed by atoms with Gasteiger partial charge in [-0.3, -0.25) is 4.79 Å². The summed E-state index contributed by atoms with van der Waals surface area (Å²) in [6, 6.07) is 12.0. The summed E-state index contributed by atoms with van der Waals surface area (Å²) in [6.45, 7) is 8.16. The molecular formula is C24H27N5O. The van der Waals surface area contributed by atoms with Crippen LogP contribution in [0.3, 0.4) is 0 Å². The van der Waals surface area contributed by atoms with Gasteiger partial charge >= 0.3 is 0 Å². The number of benzene rings is 1. The molecule has 1 N–H and O–H groups in total. The van der Waals surface area contributed by atoms with Gasteiger partial charge in [0.05, 0.1) is 11.3 Å². The second-order valence-electron chi connectivity index (χ2n) is 8.20. The first-order valence-electron chi connectivity index (χ1n) is 10.5. The minimum atomic E-state index is -0.232. The Morgan fingerprint density at radius 3 is 2.47 bits per heavy atom. The van der Waals surface area contributed by atoms with E-state index in [-0.39, 0.29) is 11.8 Å². The van der Waals surface area contributed by atoms with Crippen molar-refractivity contribution in [2.45, 2.75) is 33.1 Å². The molecule has 1 saturated heterocycles. The molecule has 0 aliphatic carbocycles. The molecule has 0 unspecified atom stereocenters. The van der Waals surface area contributed by atoms with E-state index in [1.165, 1.54) is 0 Å². The molecule has 3 heterocycles. The van der Waals surface area contributed by atoms with Crippen LogP contribution < -0.4 is 10.2 Å². The molecule has 1 aliphatic rings. The molecule has 1 fully saturated rings. The van der Waals surface area contributed by atoms with Crippen LogP contribution in [0.1, 0.15) is 49.3 Å². The maximum atomic E-state index is 13.1. The van der Waals surface area contributed by atoms with E-state index in [0.717, 1.165) is 48.0 Å². The first-order valence-corrected chi connectivity index (χ1v) is 10.5. The molecule has 154 valence electrons. The molecule has 6 nitrogen and oxygen atoms in total. The number of rotatable bonds is 5. The fourth-order valence-electron chi connectivity index (χ4n) is 3.74. The van der Waals surface area contributed by atoms with Gasteiger partial charge in [0.2, 0.25) is 0 Å². The first kappa shape index (κ1) is 20.0. The van der Waals surface area contributed by atoms with Crippen LogP contribution in [-0.4, -0.2) is 33.9 Å². The molecule has 3 aromatic rings. The molecule has 1 atom stereocenters. The van der Waals surface area contributed by atoms with Crippen molar-refractivity contribution in [3.63, 3.8) is 0 Å². The van der Waals surface area contributed by atoms with E-state index in [1.54, 1.807) is 12.4 Å². The number of nitrogens with zero attached hydrogens (tertiary/aromatic N) is 4. The smallest absolute Gasteiger partial charge is 0.258 e. The Bertz CT molecular complexity index is 1020. The second kappa shape index (κ2) is 8.61. The second-order valence-corrected chi connectivity index (χ2v) is 8.20. The highest BCUT2D eigenvalue weighted by Gasteiger charge is 2.25. The highest BCUT2D eigenvalue weighted by Crippen LogP contribution is 2.37. The van der Waals surface area contributed by atoms with E-state index in [4.69, 9.17) is 0 Å². The number of carbonyl (C=O) groups is 1. The molecule has 0 spiro atoms. The van der Waals surface area contributed by atoms with Gasteiger partial charge < -0.3 is 10.2 Å². The SMILES string of the molecule is CC(C)c1ncc(C(=O)Nc2c(-c3ccccc3)ccnc2N2CC[C@@H](C)C2)cn1. The van der Waals surface area contributed by atoms with Crippen LogP contribution in [0, 0.1) is 5.92 Å². The number of carbonyl (C=O) groups excluding carboxylic acids is 1. The summed E-state index contributed by atoms with van der Waals surface area (Å²) < 4.78 is 0. The van der Waals surface area contributed by atoms with Crippen molar-refractivity contribution < 1.29 is 4.79 Å². The number of anilines is 2. The van der Waals surface area contributed by atoms with E-state index in [0.29, 0.717) is 11.5 Å². The number of nitrogens with one attached hydrogen (secondary N) is 1. The average Bonchev–Trinajstić information content (AvgIpc) is 3.20. The molecule has 1 aliphatic heterocycles. The van der Waals surface area contributed by atoms with Gasteiger partial charge in [-0.2, -0.15) is 0 Å².